The third-order valence-electron chi connectivity index (χ3n) is 3.88. The Balaban J connectivity index is 2.44. The number of nitrogens with one attached hydrogen (secondary N) is 1. The first kappa shape index (κ1) is 16.0. The Morgan fingerprint density at radius 2 is 1.89 bits per heavy atom. The van der Waals surface area contributed by atoms with Crippen molar-refractivity contribution in [3.05, 3.63) is 0 Å². The number of carbonyl (C=O) groups excluding carboxylic acids is 2. The second-order valence-corrected chi connectivity index (χ2v) is 5.65. The fraction of sp³-hybridized carbons (Fsp3) is 0.857. The largest absolute Gasteiger partial charge is 0.396 e. The van der Waals surface area contributed by atoms with Gasteiger partial charge in [0.25, 0.3) is 0 Å². The van der Waals surface area contributed by atoms with Gasteiger partial charge < -0.3 is 15.3 Å². The van der Waals surface area contributed by atoms with Crippen molar-refractivity contribution < 1.29 is 14.7 Å². The lowest BCUT2D eigenvalue weighted by Crippen LogP contribution is -2.46. The highest BCUT2D eigenvalue weighted by Gasteiger charge is 2.27. The molecule has 1 rings (SSSR count). The molecule has 0 saturated carbocycles. The highest BCUT2D eigenvalue weighted by molar-refractivity contribution is 5.79. The molecule has 2 N–H and O–H groups in total. The van der Waals surface area contributed by atoms with Gasteiger partial charge in [0, 0.05) is 38.6 Å². The number of hydrogen-bond acceptors (Lipinski definition) is 3. The summed E-state index contributed by atoms with van der Waals surface area (Å²) in [6.07, 6.45) is 2.06. The predicted molar refractivity (Wildman–Crippen MR) is 73.4 cm³/mol. The van der Waals surface area contributed by atoms with Crippen molar-refractivity contribution in [1.82, 2.24) is 10.2 Å². The SMILES string of the molecule is CC(=O)N1CCC(C(=O)NC(CCO)C(C)C)CC1. The topological polar surface area (TPSA) is 69.6 Å². The molecule has 1 saturated heterocycles. The van der Waals surface area contributed by atoms with Crippen LogP contribution in [0.25, 0.3) is 0 Å². The molecule has 19 heavy (non-hydrogen) atoms. The van der Waals surface area contributed by atoms with Crippen LogP contribution in [0.1, 0.15) is 40.0 Å². The molecular formula is C14H26N2O3. The van der Waals surface area contributed by atoms with E-state index in [9.17, 15) is 9.59 Å². The van der Waals surface area contributed by atoms with Crippen LogP contribution in [0.3, 0.4) is 0 Å². The van der Waals surface area contributed by atoms with E-state index in [1.165, 1.54) is 0 Å². The van der Waals surface area contributed by atoms with Gasteiger partial charge in [-0.3, -0.25) is 9.59 Å². The summed E-state index contributed by atoms with van der Waals surface area (Å²) in [5.41, 5.74) is 0. The highest BCUT2D eigenvalue weighted by atomic mass is 16.3. The molecule has 1 unspecified atom stereocenters. The number of amides is 2. The Kier molecular flexibility index (Phi) is 6.28. The van der Waals surface area contributed by atoms with Crippen molar-refractivity contribution in [3.63, 3.8) is 0 Å². The summed E-state index contributed by atoms with van der Waals surface area (Å²) in [6, 6.07) is 0.0309. The molecule has 110 valence electrons. The second-order valence-electron chi connectivity index (χ2n) is 5.65. The van der Waals surface area contributed by atoms with Crippen LogP contribution in [-0.2, 0) is 9.59 Å². The Labute approximate surface area is 115 Å². The molecule has 0 spiro atoms. The maximum Gasteiger partial charge on any atom is 0.223 e. The molecule has 0 aromatic rings. The normalized spacial score (nSPS) is 18.5. The Hall–Kier alpha value is -1.10. The monoisotopic (exact) mass is 270 g/mol. The lowest BCUT2D eigenvalue weighted by molar-refractivity contribution is -0.134. The number of piperidine rings is 1. The van der Waals surface area contributed by atoms with E-state index < -0.39 is 0 Å². The van der Waals surface area contributed by atoms with Crippen LogP contribution in [0, 0.1) is 11.8 Å². The molecule has 1 atom stereocenters. The second kappa shape index (κ2) is 7.48. The van der Waals surface area contributed by atoms with Crippen molar-refractivity contribution in [1.29, 1.82) is 0 Å². The lowest BCUT2D eigenvalue weighted by atomic mass is 9.94. The van der Waals surface area contributed by atoms with E-state index in [-0.39, 0.29) is 30.4 Å². The smallest absolute Gasteiger partial charge is 0.223 e. The van der Waals surface area contributed by atoms with Gasteiger partial charge in [-0.05, 0) is 25.2 Å². The molecule has 1 aliphatic rings. The summed E-state index contributed by atoms with van der Waals surface area (Å²) in [5.74, 6) is 0.457. The van der Waals surface area contributed by atoms with E-state index in [0.717, 1.165) is 12.8 Å². The molecule has 0 bridgehead atoms. The van der Waals surface area contributed by atoms with Gasteiger partial charge in [0.2, 0.25) is 11.8 Å². The number of aliphatic hydroxyl groups excluding tert-OH is 1. The molecule has 1 fully saturated rings. The number of hydrogen-bond donors (Lipinski definition) is 2. The van der Waals surface area contributed by atoms with Crippen molar-refractivity contribution >= 4 is 11.8 Å². The zero-order chi connectivity index (χ0) is 14.4. The van der Waals surface area contributed by atoms with Crippen molar-refractivity contribution in [2.45, 2.75) is 46.1 Å². The lowest BCUT2D eigenvalue weighted by Gasteiger charge is -2.32. The standard InChI is InChI=1S/C14H26N2O3/c1-10(2)13(6-9-17)15-14(19)12-4-7-16(8-5-12)11(3)18/h10,12-13,17H,4-9H2,1-3H3,(H,15,19). The summed E-state index contributed by atoms with van der Waals surface area (Å²) in [4.78, 5) is 25.2. The average molecular weight is 270 g/mol. The molecule has 5 heteroatoms. The molecule has 1 aliphatic heterocycles. The summed E-state index contributed by atoms with van der Waals surface area (Å²) < 4.78 is 0. The van der Waals surface area contributed by atoms with Gasteiger partial charge in [0.1, 0.15) is 0 Å². The first-order chi connectivity index (χ1) is 8.95. The number of carbonyl (C=O) groups is 2. The molecule has 2 amide bonds. The third-order valence-corrected chi connectivity index (χ3v) is 3.88. The van der Waals surface area contributed by atoms with Crippen LogP contribution < -0.4 is 5.32 Å². The molecule has 0 aliphatic carbocycles. The van der Waals surface area contributed by atoms with E-state index >= 15 is 0 Å². The fourth-order valence-corrected chi connectivity index (χ4v) is 2.47. The average Bonchev–Trinajstić information content (AvgIpc) is 2.38. The van der Waals surface area contributed by atoms with Crippen molar-refractivity contribution in [2.24, 2.45) is 11.8 Å². The summed E-state index contributed by atoms with van der Waals surface area (Å²) in [7, 11) is 0. The Morgan fingerprint density at radius 1 is 1.32 bits per heavy atom. The molecule has 1 heterocycles. The predicted octanol–water partition coefficient (Wildman–Crippen LogP) is 0.768. The molecule has 0 aromatic heterocycles. The number of aliphatic hydroxyl groups is 1. The van der Waals surface area contributed by atoms with Crippen LogP contribution >= 0.6 is 0 Å². The van der Waals surface area contributed by atoms with Gasteiger partial charge in [-0.25, -0.2) is 0 Å². The van der Waals surface area contributed by atoms with E-state index in [1.54, 1.807) is 11.8 Å². The number of rotatable bonds is 5. The summed E-state index contributed by atoms with van der Waals surface area (Å²) in [6.45, 7) is 7.07. The van der Waals surface area contributed by atoms with Gasteiger partial charge in [-0.2, -0.15) is 0 Å². The van der Waals surface area contributed by atoms with Crippen molar-refractivity contribution in [3.8, 4) is 0 Å². The fourth-order valence-electron chi connectivity index (χ4n) is 2.47. The van der Waals surface area contributed by atoms with E-state index in [2.05, 4.69) is 5.32 Å². The van der Waals surface area contributed by atoms with Crippen LogP contribution in [-0.4, -0.2) is 47.6 Å². The summed E-state index contributed by atoms with van der Waals surface area (Å²) >= 11 is 0. The van der Waals surface area contributed by atoms with E-state index in [0.29, 0.717) is 25.4 Å². The molecular weight excluding hydrogens is 244 g/mol. The quantitative estimate of drug-likeness (QED) is 0.775. The van der Waals surface area contributed by atoms with Crippen LogP contribution in [0.2, 0.25) is 0 Å². The highest BCUT2D eigenvalue weighted by Crippen LogP contribution is 2.18. The third kappa shape index (κ3) is 4.82. The molecule has 5 nitrogen and oxygen atoms in total. The van der Waals surface area contributed by atoms with Crippen LogP contribution in [0.5, 0.6) is 0 Å². The Morgan fingerprint density at radius 3 is 2.32 bits per heavy atom. The van der Waals surface area contributed by atoms with Crippen LogP contribution in [0.4, 0.5) is 0 Å². The van der Waals surface area contributed by atoms with Gasteiger partial charge >= 0.3 is 0 Å². The zero-order valence-corrected chi connectivity index (χ0v) is 12.2. The molecule has 0 aromatic carbocycles. The van der Waals surface area contributed by atoms with Gasteiger partial charge in [0.05, 0.1) is 0 Å². The van der Waals surface area contributed by atoms with E-state index in [1.807, 2.05) is 13.8 Å². The van der Waals surface area contributed by atoms with Gasteiger partial charge in [0.15, 0.2) is 0 Å². The zero-order valence-electron chi connectivity index (χ0n) is 12.2. The number of likely N-dealkylation sites (tertiary alicyclic amines) is 1. The number of nitrogens with zero attached hydrogens (tertiary/aromatic N) is 1. The van der Waals surface area contributed by atoms with E-state index in [4.69, 9.17) is 5.11 Å². The summed E-state index contributed by atoms with van der Waals surface area (Å²) in [5, 5.41) is 12.0. The minimum atomic E-state index is -0.00413. The first-order valence-corrected chi connectivity index (χ1v) is 7.12. The van der Waals surface area contributed by atoms with Crippen LogP contribution in [0.15, 0.2) is 0 Å². The molecule has 0 radical (unpaired) electrons. The van der Waals surface area contributed by atoms with Gasteiger partial charge in [-0.15, -0.1) is 0 Å². The Bertz CT molecular complexity index is 310. The maximum atomic E-state index is 12.2. The first-order valence-electron chi connectivity index (χ1n) is 7.12. The minimum absolute atomic E-state index is 0.00413. The van der Waals surface area contributed by atoms with Gasteiger partial charge in [-0.1, -0.05) is 13.8 Å². The maximum absolute atomic E-state index is 12.2. The van der Waals surface area contributed by atoms with Crippen molar-refractivity contribution in [2.75, 3.05) is 19.7 Å². The minimum Gasteiger partial charge on any atom is -0.396 e.